The number of hydrogen-bond donors (Lipinski definition) is 1. The molecule has 4 heteroatoms. The number of nitrogens with one attached hydrogen (secondary N) is 1. The summed E-state index contributed by atoms with van der Waals surface area (Å²) in [6.45, 7) is 0.833. The summed E-state index contributed by atoms with van der Waals surface area (Å²) in [6, 6.07) is 4.91. The Bertz CT molecular complexity index is 475. The molecule has 0 saturated heterocycles. The molecule has 0 unspecified atom stereocenters. The number of aromatic nitrogens is 1. The second-order valence-electron chi connectivity index (χ2n) is 5.66. The number of pyridine rings is 1. The summed E-state index contributed by atoms with van der Waals surface area (Å²) in [5, 5.41) is 2.90. The fraction of sp³-hybridized carbons (Fsp3) is 0.625. The van der Waals surface area contributed by atoms with Gasteiger partial charge in [0.2, 0.25) is 5.91 Å². The predicted octanol–water partition coefficient (Wildman–Crippen LogP) is 2.32. The first-order valence-corrected chi connectivity index (χ1v) is 7.68. The minimum Gasteiger partial charge on any atom is -0.355 e. The second-order valence-corrected chi connectivity index (χ2v) is 5.66. The molecule has 2 rings (SSSR count). The van der Waals surface area contributed by atoms with Gasteiger partial charge in [-0.2, -0.15) is 0 Å². The molecule has 0 atom stereocenters. The molecule has 1 aliphatic rings. The first kappa shape index (κ1) is 14.8. The average Bonchev–Trinajstić information content (AvgIpc) is 2.47. The Morgan fingerprint density at radius 2 is 2.05 bits per heavy atom. The van der Waals surface area contributed by atoms with Gasteiger partial charge in [0.1, 0.15) is 6.54 Å². The van der Waals surface area contributed by atoms with Crippen LogP contribution < -0.4 is 10.9 Å². The van der Waals surface area contributed by atoms with Crippen LogP contribution in [0.5, 0.6) is 0 Å². The lowest BCUT2D eigenvalue weighted by atomic mass is 9.86. The van der Waals surface area contributed by atoms with E-state index in [0.717, 1.165) is 18.9 Å². The van der Waals surface area contributed by atoms with Gasteiger partial charge in [-0.25, -0.2) is 0 Å². The van der Waals surface area contributed by atoms with Crippen molar-refractivity contribution in [1.82, 2.24) is 9.88 Å². The van der Waals surface area contributed by atoms with Gasteiger partial charge in [0.05, 0.1) is 0 Å². The number of hydrogen-bond acceptors (Lipinski definition) is 2. The molecule has 1 N–H and O–H groups in total. The van der Waals surface area contributed by atoms with Crippen molar-refractivity contribution in [1.29, 1.82) is 0 Å². The van der Waals surface area contributed by atoms with E-state index in [9.17, 15) is 9.59 Å². The third kappa shape index (κ3) is 4.83. The van der Waals surface area contributed by atoms with Crippen LogP contribution in [-0.2, 0) is 11.3 Å². The van der Waals surface area contributed by atoms with Crippen molar-refractivity contribution in [3.63, 3.8) is 0 Å². The molecule has 1 heterocycles. The van der Waals surface area contributed by atoms with E-state index >= 15 is 0 Å². The van der Waals surface area contributed by atoms with Crippen LogP contribution in [0.1, 0.15) is 44.9 Å². The first-order valence-electron chi connectivity index (χ1n) is 7.68. The molecule has 0 aromatic carbocycles. The maximum Gasteiger partial charge on any atom is 0.250 e. The predicted molar refractivity (Wildman–Crippen MR) is 79.5 cm³/mol. The molecule has 1 fully saturated rings. The lowest BCUT2D eigenvalue weighted by Crippen LogP contribution is -2.32. The van der Waals surface area contributed by atoms with Gasteiger partial charge in [0.25, 0.3) is 5.56 Å². The summed E-state index contributed by atoms with van der Waals surface area (Å²) in [5.41, 5.74) is -0.134. The van der Waals surface area contributed by atoms with Gasteiger partial charge in [0, 0.05) is 18.8 Å². The Morgan fingerprint density at radius 1 is 1.25 bits per heavy atom. The van der Waals surface area contributed by atoms with E-state index in [4.69, 9.17) is 0 Å². The molecule has 0 bridgehead atoms. The average molecular weight is 276 g/mol. The van der Waals surface area contributed by atoms with Crippen LogP contribution >= 0.6 is 0 Å². The van der Waals surface area contributed by atoms with E-state index in [1.54, 1.807) is 18.3 Å². The molecular formula is C16H24N2O2. The van der Waals surface area contributed by atoms with Gasteiger partial charge in [-0.1, -0.05) is 38.2 Å². The molecule has 0 aliphatic heterocycles. The summed E-state index contributed by atoms with van der Waals surface area (Å²) < 4.78 is 1.43. The lowest BCUT2D eigenvalue weighted by Gasteiger charge is -2.21. The Labute approximate surface area is 120 Å². The van der Waals surface area contributed by atoms with Gasteiger partial charge in [-0.15, -0.1) is 0 Å². The van der Waals surface area contributed by atoms with Crippen LogP contribution in [0.4, 0.5) is 0 Å². The third-order valence-corrected chi connectivity index (χ3v) is 4.05. The van der Waals surface area contributed by atoms with E-state index in [2.05, 4.69) is 5.32 Å². The largest absolute Gasteiger partial charge is 0.355 e. The second kappa shape index (κ2) is 7.88. The molecule has 1 aromatic heterocycles. The van der Waals surface area contributed by atoms with Crippen LogP contribution in [0.3, 0.4) is 0 Å². The summed E-state index contributed by atoms with van der Waals surface area (Å²) >= 11 is 0. The highest BCUT2D eigenvalue weighted by molar-refractivity contribution is 5.75. The number of carbonyl (C=O) groups excluding carboxylic acids is 1. The molecule has 1 aliphatic carbocycles. The monoisotopic (exact) mass is 276 g/mol. The molecule has 1 amide bonds. The molecule has 4 nitrogen and oxygen atoms in total. The minimum absolute atomic E-state index is 0.0815. The molecular weight excluding hydrogens is 252 g/mol. The van der Waals surface area contributed by atoms with Crippen LogP contribution in [0.25, 0.3) is 0 Å². The number of nitrogens with zero attached hydrogens (tertiary/aromatic N) is 1. The van der Waals surface area contributed by atoms with Crippen LogP contribution in [0, 0.1) is 5.92 Å². The van der Waals surface area contributed by atoms with Crippen molar-refractivity contribution in [3.05, 3.63) is 34.7 Å². The Morgan fingerprint density at radius 3 is 2.80 bits per heavy atom. The number of rotatable bonds is 6. The van der Waals surface area contributed by atoms with Crippen molar-refractivity contribution >= 4 is 5.91 Å². The summed E-state index contributed by atoms with van der Waals surface area (Å²) in [7, 11) is 0. The highest BCUT2D eigenvalue weighted by Gasteiger charge is 2.12. The molecule has 110 valence electrons. The fourth-order valence-electron chi connectivity index (χ4n) is 2.90. The Balaban J connectivity index is 1.63. The highest BCUT2D eigenvalue weighted by Crippen LogP contribution is 2.26. The third-order valence-electron chi connectivity index (χ3n) is 4.05. The van der Waals surface area contributed by atoms with Crippen molar-refractivity contribution in [2.45, 2.75) is 51.5 Å². The van der Waals surface area contributed by atoms with E-state index in [1.165, 1.54) is 49.2 Å². The summed E-state index contributed by atoms with van der Waals surface area (Å²) in [4.78, 5) is 23.2. The van der Waals surface area contributed by atoms with Crippen molar-refractivity contribution in [2.24, 2.45) is 5.92 Å². The van der Waals surface area contributed by atoms with Crippen LogP contribution in [0.2, 0.25) is 0 Å². The van der Waals surface area contributed by atoms with E-state index < -0.39 is 0 Å². The van der Waals surface area contributed by atoms with E-state index in [1.807, 2.05) is 0 Å². The zero-order valence-corrected chi connectivity index (χ0v) is 12.0. The zero-order valence-electron chi connectivity index (χ0n) is 12.0. The quantitative estimate of drug-likeness (QED) is 0.811. The van der Waals surface area contributed by atoms with Gasteiger partial charge < -0.3 is 9.88 Å². The van der Waals surface area contributed by atoms with Crippen molar-refractivity contribution in [2.75, 3.05) is 6.54 Å². The normalized spacial score (nSPS) is 16.0. The maximum absolute atomic E-state index is 11.7. The number of carbonyl (C=O) groups is 1. The lowest BCUT2D eigenvalue weighted by molar-refractivity contribution is -0.121. The molecule has 1 aromatic rings. The standard InChI is InChI=1S/C16H24N2O2/c19-15(13-18-12-5-4-10-16(18)20)17-11-6-9-14-7-2-1-3-8-14/h4-5,10,12,14H,1-3,6-9,11,13H2,(H,17,19). The zero-order chi connectivity index (χ0) is 14.2. The Kier molecular flexibility index (Phi) is 5.84. The van der Waals surface area contributed by atoms with E-state index in [-0.39, 0.29) is 18.0 Å². The van der Waals surface area contributed by atoms with Crippen LogP contribution in [0.15, 0.2) is 29.2 Å². The smallest absolute Gasteiger partial charge is 0.250 e. The summed E-state index contributed by atoms with van der Waals surface area (Å²) in [6.07, 6.45) is 10.7. The van der Waals surface area contributed by atoms with Crippen molar-refractivity contribution < 1.29 is 4.79 Å². The summed E-state index contributed by atoms with van der Waals surface area (Å²) in [5.74, 6) is 0.777. The van der Waals surface area contributed by atoms with Gasteiger partial charge in [-0.05, 0) is 24.8 Å². The van der Waals surface area contributed by atoms with Crippen molar-refractivity contribution in [3.8, 4) is 0 Å². The molecule has 0 radical (unpaired) electrons. The van der Waals surface area contributed by atoms with Gasteiger partial charge in [0.15, 0.2) is 0 Å². The highest BCUT2D eigenvalue weighted by atomic mass is 16.2. The molecule has 1 saturated carbocycles. The fourth-order valence-corrected chi connectivity index (χ4v) is 2.90. The molecule has 0 spiro atoms. The van der Waals surface area contributed by atoms with Gasteiger partial charge in [-0.3, -0.25) is 9.59 Å². The van der Waals surface area contributed by atoms with Crippen LogP contribution in [-0.4, -0.2) is 17.0 Å². The first-order chi connectivity index (χ1) is 9.75. The number of amides is 1. The SMILES string of the molecule is O=C(Cn1ccccc1=O)NCCCC1CCCCC1. The molecule has 20 heavy (non-hydrogen) atoms. The van der Waals surface area contributed by atoms with E-state index in [0.29, 0.717) is 0 Å². The maximum atomic E-state index is 11.7. The Hall–Kier alpha value is -1.58. The van der Waals surface area contributed by atoms with Gasteiger partial charge >= 0.3 is 0 Å². The topological polar surface area (TPSA) is 51.1 Å². The minimum atomic E-state index is -0.134.